The zero-order valence-corrected chi connectivity index (χ0v) is 64.0. The number of thiazole rings is 2. The number of aliphatic carboxylic acids is 1. The van der Waals surface area contributed by atoms with Crippen molar-refractivity contribution >= 4 is 175 Å². The number of benzene rings is 6. The first-order valence-corrected chi connectivity index (χ1v) is 41.2. The van der Waals surface area contributed by atoms with Crippen molar-refractivity contribution in [1.82, 2.24) is 26.4 Å². The first-order chi connectivity index (χ1) is 51.3. The second-order valence-corrected chi connectivity index (χ2v) is 34.0. The molecule has 47 heteroatoms. The monoisotopic (exact) mass is 1710 g/mol. The summed E-state index contributed by atoms with van der Waals surface area (Å²) in [5.74, 6) is -4.84. The van der Waals surface area contributed by atoms with Crippen LogP contribution in [0, 0.1) is 0 Å². The van der Waals surface area contributed by atoms with Crippen molar-refractivity contribution in [2.75, 3.05) is 83.8 Å². The Bertz CT molecular complexity index is 5290. The Balaban J connectivity index is 0.000000176. The summed E-state index contributed by atoms with van der Waals surface area (Å²) in [6.07, 6.45) is -20.2. The maximum Gasteiger partial charge on any atom is 0.407 e. The smallest absolute Gasteiger partial charge is 0.407 e. The molecule has 2 aromatic heterocycles. The molecular weight excluding hydrogens is 1650 g/mol. The Hall–Kier alpha value is -9.81. The van der Waals surface area contributed by atoms with Gasteiger partial charge in [0.15, 0.2) is 9.84 Å². The van der Waals surface area contributed by atoms with Crippen molar-refractivity contribution in [3.8, 4) is 5.75 Å². The number of carbonyl (C=O) groups excluding carboxylic acids is 5. The number of sulfone groups is 1. The number of halogens is 12. The van der Waals surface area contributed by atoms with E-state index in [4.69, 9.17) is 4.18 Å². The third-order valence-electron chi connectivity index (χ3n) is 15.7. The highest BCUT2D eigenvalue weighted by Crippen LogP contribution is 2.49. The average molecular weight is 1710 g/mol. The number of hydrogen-bond acceptors (Lipinski definition) is 24. The second kappa shape index (κ2) is 33.6. The maximum atomic E-state index is 12.2. The molecule has 4 amide bonds. The molecule has 4 aliphatic rings. The number of aryl methyl sites for hydroxylation is 2. The van der Waals surface area contributed by atoms with Crippen LogP contribution in [0.3, 0.4) is 0 Å². The molecule has 4 aliphatic heterocycles. The Morgan fingerprint density at radius 1 is 0.532 bits per heavy atom. The van der Waals surface area contributed by atoms with Gasteiger partial charge >= 0.3 is 34.9 Å². The van der Waals surface area contributed by atoms with Crippen molar-refractivity contribution in [2.24, 2.45) is 24.3 Å². The summed E-state index contributed by atoms with van der Waals surface area (Å²) in [6.45, 7) is -3.13. The average Bonchev–Trinajstić information content (AvgIpc) is 1.75. The minimum atomic E-state index is -5.50. The van der Waals surface area contributed by atoms with Crippen molar-refractivity contribution in [3.63, 3.8) is 0 Å². The molecule has 1 unspecified atom stereocenters. The third-order valence-corrected chi connectivity index (χ3v) is 23.8. The van der Waals surface area contributed by atoms with Crippen LogP contribution in [0.1, 0.15) is 26.7 Å². The van der Waals surface area contributed by atoms with Crippen LogP contribution >= 0.6 is 22.7 Å². The van der Waals surface area contributed by atoms with Crippen LogP contribution in [0.2, 0.25) is 0 Å². The van der Waals surface area contributed by atoms with E-state index in [1.165, 1.54) is 35.2 Å². The number of carbonyl (C=O) groups is 5. The summed E-state index contributed by atoms with van der Waals surface area (Å²) < 4.78 is 258. The van der Waals surface area contributed by atoms with E-state index in [-0.39, 0.29) is 20.1 Å². The van der Waals surface area contributed by atoms with Crippen molar-refractivity contribution in [1.29, 1.82) is 0 Å². The number of para-hydroxylation sites is 8. The fourth-order valence-corrected chi connectivity index (χ4v) is 18.1. The van der Waals surface area contributed by atoms with Crippen molar-refractivity contribution in [2.45, 2.75) is 56.3 Å². The van der Waals surface area contributed by atoms with Gasteiger partial charge in [-0.05, 0) is 98.6 Å². The van der Waals surface area contributed by atoms with Gasteiger partial charge in [0.25, 0.3) is 0 Å². The topological polar surface area (TPSA) is 338 Å². The van der Waals surface area contributed by atoms with Crippen LogP contribution in [-0.4, -0.2) is 189 Å². The Labute approximate surface area is 635 Å². The number of aromatic nitrogens is 2. The predicted octanol–water partition coefficient (Wildman–Crippen LogP) is 8.27. The van der Waals surface area contributed by atoms with E-state index in [2.05, 4.69) is 32.8 Å². The van der Waals surface area contributed by atoms with Gasteiger partial charge in [-0.15, -0.1) is 10.2 Å². The summed E-state index contributed by atoms with van der Waals surface area (Å²) in [5.41, 5.74) is 8.97. The van der Waals surface area contributed by atoms with E-state index in [9.17, 15) is 120 Å². The van der Waals surface area contributed by atoms with Crippen LogP contribution in [-0.2, 0) is 89.2 Å². The molecule has 2 saturated heterocycles. The lowest BCUT2D eigenvalue weighted by Gasteiger charge is -2.40. The maximum absolute atomic E-state index is 12.2. The fourth-order valence-electron chi connectivity index (χ4n) is 11.2. The molecule has 12 rings (SSSR count). The molecule has 1 atom stereocenters. The molecule has 6 heterocycles. The Kier molecular flexibility index (Phi) is 26.3. The van der Waals surface area contributed by atoms with E-state index in [1.54, 1.807) is 34.1 Å². The lowest BCUT2D eigenvalue weighted by atomic mass is 10.1. The number of nitrogens with zero attached hydrogens (tertiary/aromatic N) is 12. The van der Waals surface area contributed by atoms with Crippen molar-refractivity contribution in [3.05, 3.63) is 143 Å². The lowest BCUT2D eigenvalue weighted by Crippen LogP contribution is -2.58. The van der Waals surface area contributed by atoms with Gasteiger partial charge in [-0.25, -0.2) is 42.5 Å². The Morgan fingerprint density at radius 2 is 0.847 bits per heavy atom. The number of fused-ring (bicyclic) bond motifs is 6. The number of amides is 4. The normalized spacial score (nSPS) is 16.3. The molecule has 111 heavy (non-hydrogen) atoms. The van der Waals surface area contributed by atoms with Crippen LogP contribution in [0.4, 0.5) is 98.2 Å². The van der Waals surface area contributed by atoms with Crippen LogP contribution in [0.15, 0.2) is 149 Å². The number of carboxylic acids is 1. The van der Waals surface area contributed by atoms with Gasteiger partial charge in [-0.3, -0.25) is 19.2 Å². The van der Waals surface area contributed by atoms with E-state index < -0.39 is 159 Å². The quantitative estimate of drug-likeness (QED) is 0.0325. The van der Waals surface area contributed by atoms with E-state index >= 15 is 0 Å². The van der Waals surface area contributed by atoms with Crippen molar-refractivity contribution < 1.29 is 124 Å². The first-order valence-electron chi connectivity index (χ1n) is 31.5. The molecule has 28 nitrogen and oxygen atoms in total. The highest BCUT2D eigenvalue weighted by Gasteiger charge is 2.51. The molecule has 0 spiro atoms. The van der Waals surface area contributed by atoms with Crippen LogP contribution in [0.25, 0.3) is 20.4 Å². The SMILES string of the molecule is C=S1(=O)N(CC(F)(F)F)C(=O)CC(=O)N1CC(F)(F)F.CCN1c2ccccc2N(CC(=O)[O-])c2ccccc21.CCN1c2ccccc2N(CS(=O)(=O)[O-])c2ccccc21.Cn1/c(=N/N=c2/sc3cc(OS(C)=O)ccc3n2C)sc2cc(S(C)(=O)=O)ccc21.O=C1CC(=O)N(CC(F)(F)F)S(=O)(=O)N1CC(F)(F)F. The number of alkyl halides is 12. The number of carboxylic acid groups (broad SMARTS) is 1. The second-order valence-electron chi connectivity index (χ2n) is 23.7. The highest BCUT2D eigenvalue weighted by atomic mass is 32.2. The standard InChI is InChI=1S/C18H18N4O4S4.C16H16N2O2.C15H16N2O3S.C8H8F6N2O3S.C7H6F6N2O4S/c1-21-13-7-5-11(26-29(3)23)9-15(13)27-17(21)19-20-18-22(2)14-8-6-12(30(4,24)25)10-16(14)28-18;1-2-17-12-7-3-5-9-14(12)18(11-16(19)20)15-10-6-4-8-13(15)17;1-2-16-12-7-3-5-9-14(12)17(11-21(18,19)20)15-10-6-4-8-13(15)16;1-20(19)15(3-7(9,10)11)5(17)2-6(18)16(20)4-8(12,13)14;8-6(9,10)2-14-4(16)1-5(17)15(20(14,18)19)3-7(11,12)13/h5-10H,1-4H3;3-10H,2,11H2,1H3,(H,19,20);3-10H,2,11H2,1H3,(H,18,19,20);1-4H2;1-3H2/p-2/b19-17+,20-18-;;;;. The van der Waals surface area contributed by atoms with E-state index in [0.29, 0.717) is 15.4 Å². The number of rotatable bonds is 14. The van der Waals surface area contributed by atoms with E-state index in [0.717, 1.165) is 79.0 Å². The zero-order valence-electron chi connectivity index (χ0n) is 58.3. The third kappa shape index (κ3) is 21.5. The number of hydrogen-bond donors (Lipinski definition) is 0. The van der Waals surface area contributed by atoms with Gasteiger partial charge in [-0.1, -0.05) is 71.2 Å². The summed E-state index contributed by atoms with van der Waals surface area (Å²) >= 11 is 1.43. The fraction of sp³-hybridized carbons (Fsp3) is 0.312. The summed E-state index contributed by atoms with van der Waals surface area (Å²) in [4.78, 5) is 65.2. The van der Waals surface area contributed by atoms with Gasteiger partial charge < -0.3 is 47.4 Å². The van der Waals surface area contributed by atoms with Gasteiger partial charge in [0.05, 0.1) is 83.3 Å². The molecule has 6 aromatic carbocycles. The van der Waals surface area contributed by atoms with Gasteiger partial charge in [0, 0.05) is 45.8 Å². The lowest BCUT2D eigenvalue weighted by molar-refractivity contribution is -0.303. The molecule has 2 fully saturated rings. The summed E-state index contributed by atoms with van der Waals surface area (Å²) in [7, 11) is -13.9. The molecule has 0 radical (unpaired) electrons. The molecule has 0 bridgehead atoms. The van der Waals surface area contributed by atoms with Gasteiger partial charge in [0.2, 0.25) is 44.3 Å². The Morgan fingerprint density at radius 3 is 1.16 bits per heavy atom. The van der Waals surface area contributed by atoms with Crippen LogP contribution < -0.4 is 38.5 Å². The summed E-state index contributed by atoms with van der Waals surface area (Å²) in [5, 5.41) is 19.9. The molecular formula is C64H62F12N12O16S7-2. The number of anilines is 8. The highest BCUT2D eigenvalue weighted by molar-refractivity contribution is 7.97. The predicted molar refractivity (Wildman–Crippen MR) is 385 cm³/mol. The molecule has 0 saturated carbocycles. The zero-order chi connectivity index (χ0) is 82.6. The minimum absolute atomic E-state index is 0.147. The minimum Gasteiger partial charge on any atom is -0.747 e. The first kappa shape index (κ1) is 86.8. The molecule has 8 aromatic rings. The molecule has 0 aliphatic carbocycles. The van der Waals surface area contributed by atoms with Gasteiger partial charge in [0.1, 0.15) is 70.7 Å². The molecule has 602 valence electrons. The largest absolute Gasteiger partial charge is 0.747 e. The molecule has 0 N–H and O–H groups in total. The van der Waals surface area contributed by atoms with Gasteiger partial charge in [-0.2, -0.15) is 61.1 Å². The summed E-state index contributed by atoms with van der Waals surface area (Å²) in [6, 6.07) is 41.2. The van der Waals surface area contributed by atoms with Crippen LogP contribution in [0.5, 0.6) is 5.75 Å². The van der Waals surface area contributed by atoms with E-state index in [1.807, 2.05) is 139 Å².